The molecule has 5 rings (SSSR count). The van der Waals surface area contributed by atoms with Crippen LogP contribution in [0.15, 0.2) is 79.3 Å². The van der Waals surface area contributed by atoms with Crippen LogP contribution in [0.2, 0.25) is 0 Å². The number of amides is 1. The number of pyridine rings is 3. The molecule has 0 atom stereocenters. The van der Waals surface area contributed by atoms with Gasteiger partial charge in [-0.2, -0.15) is 5.26 Å². The van der Waals surface area contributed by atoms with Gasteiger partial charge in [0.25, 0.3) is 5.91 Å². The summed E-state index contributed by atoms with van der Waals surface area (Å²) in [5.41, 5.74) is 10.6. The molecule has 9 heteroatoms. The quantitative estimate of drug-likeness (QED) is 0.423. The Bertz CT molecular complexity index is 1550. The summed E-state index contributed by atoms with van der Waals surface area (Å²) in [7, 11) is 0. The van der Waals surface area contributed by atoms with Gasteiger partial charge in [0.05, 0.1) is 17.2 Å². The SMILES string of the molecule is N#Cc1ccnc(C(=O)NCc2ccc(-n3c(-c4cccnc4N)nc4cccnc43)cc2)c1. The Hall–Kier alpha value is -5.10. The third-order valence-corrected chi connectivity index (χ3v) is 5.26. The Morgan fingerprint density at radius 1 is 1.00 bits per heavy atom. The number of fused-ring (bicyclic) bond motifs is 1. The molecule has 0 fully saturated rings. The van der Waals surface area contributed by atoms with E-state index in [0.29, 0.717) is 35.0 Å². The van der Waals surface area contributed by atoms with E-state index in [1.807, 2.05) is 59.2 Å². The van der Waals surface area contributed by atoms with Crippen molar-refractivity contribution in [1.29, 1.82) is 5.26 Å². The molecule has 0 saturated heterocycles. The average Bonchev–Trinajstić information content (AvgIpc) is 3.27. The smallest absolute Gasteiger partial charge is 0.270 e. The number of anilines is 1. The number of hydrogen-bond donors (Lipinski definition) is 2. The van der Waals surface area contributed by atoms with E-state index in [4.69, 9.17) is 16.0 Å². The summed E-state index contributed by atoms with van der Waals surface area (Å²) in [5.74, 6) is 0.677. The van der Waals surface area contributed by atoms with Crippen molar-refractivity contribution in [3.05, 3.63) is 96.1 Å². The topological polar surface area (TPSA) is 135 Å². The summed E-state index contributed by atoms with van der Waals surface area (Å²) in [6.07, 6.45) is 4.80. The number of nitrogens with zero attached hydrogens (tertiary/aromatic N) is 6. The Kier molecular flexibility index (Phi) is 5.38. The van der Waals surface area contributed by atoms with E-state index >= 15 is 0 Å². The molecule has 5 aromatic rings. The number of nitrogen functional groups attached to an aromatic ring is 1. The predicted molar refractivity (Wildman–Crippen MR) is 127 cm³/mol. The van der Waals surface area contributed by atoms with Crippen LogP contribution in [0.4, 0.5) is 5.82 Å². The van der Waals surface area contributed by atoms with E-state index in [2.05, 4.69) is 20.3 Å². The first-order valence-electron chi connectivity index (χ1n) is 10.4. The average molecular weight is 446 g/mol. The third kappa shape index (κ3) is 3.91. The van der Waals surface area contributed by atoms with Crippen LogP contribution in [-0.4, -0.2) is 30.4 Å². The highest BCUT2D eigenvalue weighted by atomic mass is 16.1. The highest BCUT2D eigenvalue weighted by Gasteiger charge is 2.17. The first-order chi connectivity index (χ1) is 16.6. The van der Waals surface area contributed by atoms with Gasteiger partial charge in [0, 0.05) is 30.8 Å². The second kappa shape index (κ2) is 8.80. The number of nitriles is 1. The van der Waals surface area contributed by atoms with Gasteiger partial charge in [-0.3, -0.25) is 14.3 Å². The minimum atomic E-state index is -0.347. The molecular weight excluding hydrogens is 428 g/mol. The summed E-state index contributed by atoms with van der Waals surface area (Å²) >= 11 is 0. The van der Waals surface area contributed by atoms with Crippen LogP contribution in [0.1, 0.15) is 21.6 Å². The lowest BCUT2D eigenvalue weighted by atomic mass is 10.2. The maximum Gasteiger partial charge on any atom is 0.270 e. The molecule has 0 spiro atoms. The lowest BCUT2D eigenvalue weighted by Gasteiger charge is -2.11. The Labute approximate surface area is 194 Å². The molecule has 4 heterocycles. The maximum atomic E-state index is 12.4. The van der Waals surface area contributed by atoms with E-state index in [1.54, 1.807) is 18.5 Å². The number of nitrogens with one attached hydrogen (secondary N) is 1. The van der Waals surface area contributed by atoms with Crippen molar-refractivity contribution < 1.29 is 4.79 Å². The monoisotopic (exact) mass is 446 g/mol. The number of hydrogen-bond acceptors (Lipinski definition) is 7. The van der Waals surface area contributed by atoms with Gasteiger partial charge in [0.2, 0.25) is 0 Å². The second-order valence-corrected chi connectivity index (χ2v) is 7.44. The van der Waals surface area contributed by atoms with Gasteiger partial charge in [-0.25, -0.2) is 15.0 Å². The molecular formula is C25H18N8O. The number of rotatable bonds is 5. The summed E-state index contributed by atoms with van der Waals surface area (Å²) in [4.78, 5) is 29.9. The number of carbonyl (C=O) groups is 1. The molecule has 1 aromatic carbocycles. The number of imidazole rings is 1. The molecule has 9 nitrogen and oxygen atoms in total. The van der Waals surface area contributed by atoms with Crippen LogP contribution < -0.4 is 11.1 Å². The first kappa shape index (κ1) is 20.8. The fraction of sp³-hybridized carbons (Fsp3) is 0.0400. The van der Waals surface area contributed by atoms with Crippen LogP contribution in [0.3, 0.4) is 0 Å². The Morgan fingerprint density at radius 2 is 1.79 bits per heavy atom. The van der Waals surface area contributed by atoms with E-state index in [-0.39, 0.29) is 11.6 Å². The molecule has 34 heavy (non-hydrogen) atoms. The van der Waals surface area contributed by atoms with Crippen molar-refractivity contribution in [3.8, 4) is 23.1 Å². The normalized spacial score (nSPS) is 10.7. The molecule has 3 N–H and O–H groups in total. The van der Waals surface area contributed by atoms with Crippen LogP contribution in [0.5, 0.6) is 0 Å². The molecule has 0 radical (unpaired) electrons. The van der Waals surface area contributed by atoms with E-state index in [1.165, 1.54) is 12.3 Å². The minimum Gasteiger partial charge on any atom is -0.383 e. The van der Waals surface area contributed by atoms with Gasteiger partial charge in [-0.1, -0.05) is 12.1 Å². The molecule has 0 unspecified atom stereocenters. The molecule has 0 aliphatic heterocycles. The number of nitrogens with two attached hydrogens (primary N) is 1. The zero-order valence-corrected chi connectivity index (χ0v) is 17.9. The van der Waals surface area contributed by atoms with Crippen molar-refractivity contribution in [2.75, 3.05) is 5.73 Å². The Morgan fingerprint density at radius 3 is 2.59 bits per heavy atom. The molecule has 0 saturated carbocycles. The second-order valence-electron chi connectivity index (χ2n) is 7.44. The zero-order chi connectivity index (χ0) is 23.5. The Balaban J connectivity index is 1.43. The fourth-order valence-electron chi connectivity index (χ4n) is 3.60. The standard InChI is InChI=1S/C25H18N8O/c26-14-17-9-12-28-21(13-17)25(34)31-15-16-5-7-18(8-6-16)33-23(19-3-1-10-29-22(19)27)32-20-4-2-11-30-24(20)33/h1-13H,15H2,(H2,27,29)(H,31,34). The molecule has 1 amide bonds. The zero-order valence-electron chi connectivity index (χ0n) is 17.9. The van der Waals surface area contributed by atoms with E-state index < -0.39 is 0 Å². The minimum absolute atomic E-state index is 0.199. The lowest BCUT2D eigenvalue weighted by Crippen LogP contribution is -2.23. The number of carbonyl (C=O) groups excluding carboxylic acids is 1. The highest BCUT2D eigenvalue weighted by molar-refractivity contribution is 5.92. The molecule has 0 bridgehead atoms. The van der Waals surface area contributed by atoms with Crippen molar-refractivity contribution in [2.45, 2.75) is 6.54 Å². The third-order valence-electron chi connectivity index (χ3n) is 5.26. The number of aromatic nitrogens is 5. The fourth-order valence-corrected chi connectivity index (χ4v) is 3.60. The molecule has 4 aromatic heterocycles. The van der Waals surface area contributed by atoms with Crippen molar-refractivity contribution in [2.24, 2.45) is 0 Å². The van der Waals surface area contributed by atoms with Gasteiger partial charge in [-0.15, -0.1) is 0 Å². The van der Waals surface area contributed by atoms with Gasteiger partial charge in [0.15, 0.2) is 11.5 Å². The predicted octanol–water partition coefficient (Wildman–Crippen LogP) is 3.26. The van der Waals surface area contributed by atoms with Gasteiger partial charge in [0.1, 0.15) is 17.0 Å². The van der Waals surface area contributed by atoms with Crippen molar-refractivity contribution >= 4 is 22.9 Å². The summed E-state index contributed by atoms with van der Waals surface area (Å²) in [6.45, 7) is 0.308. The van der Waals surface area contributed by atoms with Gasteiger partial charge in [-0.05, 0) is 54.1 Å². The van der Waals surface area contributed by atoms with Crippen LogP contribution in [0, 0.1) is 11.3 Å². The van der Waals surface area contributed by atoms with E-state index in [9.17, 15) is 4.79 Å². The van der Waals surface area contributed by atoms with Crippen LogP contribution in [0.25, 0.3) is 28.2 Å². The maximum absolute atomic E-state index is 12.4. The number of benzene rings is 1. The van der Waals surface area contributed by atoms with Gasteiger partial charge < -0.3 is 11.1 Å². The van der Waals surface area contributed by atoms with Crippen LogP contribution in [-0.2, 0) is 6.54 Å². The van der Waals surface area contributed by atoms with Crippen molar-refractivity contribution in [3.63, 3.8) is 0 Å². The molecule has 0 aliphatic rings. The van der Waals surface area contributed by atoms with Crippen LogP contribution >= 0.6 is 0 Å². The summed E-state index contributed by atoms with van der Waals surface area (Å²) < 4.78 is 1.93. The largest absolute Gasteiger partial charge is 0.383 e. The highest BCUT2D eigenvalue weighted by Crippen LogP contribution is 2.30. The first-order valence-corrected chi connectivity index (χ1v) is 10.4. The molecule has 0 aliphatic carbocycles. The lowest BCUT2D eigenvalue weighted by molar-refractivity contribution is 0.0946. The molecule has 164 valence electrons. The summed E-state index contributed by atoms with van der Waals surface area (Å²) in [6, 6.07) is 20.1. The summed E-state index contributed by atoms with van der Waals surface area (Å²) in [5, 5.41) is 11.8. The van der Waals surface area contributed by atoms with E-state index in [0.717, 1.165) is 16.8 Å². The van der Waals surface area contributed by atoms with Gasteiger partial charge >= 0.3 is 0 Å². The van der Waals surface area contributed by atoms with Crippen molar-refractivity contribution in [1.82, 2.24) is 29.8 Å².